The number of benzene rings is 1. The van der Waals surface area contributed by atoms with Crippen LogP contribution >= 0.6 is 0 Å². The van der Waals surface area contributed by atoms with Gasteiger partial charge in [0.05, 0.1) is 18.1 Å². The highest BCUT2D eigenvalue weighted by atomic mass is 19.2. The van der Waals surface area contributed by atoms with Crippen LogP contribution in [0.1, 0.15) is 33.6 Å². The maximum atomic E-state index is 13.8. The Labute approximate surface area is 154 Å². The van der Waals surface area contributed by atoms with Gasteiger partial charge in [0.2, 0.25) is 34.8 Å². The maximum absolute atomic E-state index is 13.8. The molecule has 1 aliphatic carbocycles. The lowest BCUT2D eigenvalue weighted by molar-refractivity contribution is -0.143. The predicted octanol–water partition coefficient (Wildman–Crippen LogP) is 4.78. The number of rotatable bonds is 5. The van der Waals surface area contributed by atoms with E-state index < -0.39 is 58.2 Å². The third kappa shape index (κ3) is 4.59. The summed E-state index contributed by atoms with van der Waals surface area (Å²) in [6.45, 7) is 9.36. The van der Waals surface area contributed by atoms with Crippen molar-refractivity contribution in [1.29, 1.82) is 0 Å². The highest BCUT2D eigenvalue weighted by molar-refractivity contribution is 5.76. The van der Waals surface area contributed by atoms with Crippen LogP contribution in [0.25, 0.3) is 0 Å². The summed E-state index contributed by atoms with van der Waals surface area (Å²) in [4.78, 5) is 12.5. The Hall–Kier alpha value is -1.70. The number of ether oxygens (including phenoxy) is 2. The van der Waals surface area contributed by atoms with Crippen molar-refractivity contribution in [1.82, 2.24) is 0 Å². The number of carbonyl (C=O) groups excluding carboxylic acids is 1. The van der Waals surface area contributed by atoms with Crippen molar-refractivity contribution in [3.63, 3.8) is 0 Å². The van der Waals surface area contributed by atoms with Crippen LogP contribution in [-0.4, -0.2) is 18.2 Å². The molecule has 150 valence electrons. The van der Waals surface area contributed by atoms with E-state index in [4.69, 9.17) is 4.74 Å². The summed E-state index contributed by atoms with van der Waals surface area (Å²) in [7, 11) is 0. The summed E-state index contributed by atoms with van der Waals surface area (Å²) in [5, 5.41) is 0. The molecule has 0 saturated heterocycles. The number of hydrogen-bond acceptors (Lipinski definition) is 3. The molecule has 2 radical (unpaired) electrons. The zero-order valence-corrected chi connectivity index (χ0v) is 15.3. The Morgan fingerprint density at radius 3 is 2.07 bits per heavy atom. The molecule has 1 aliphatic rings. The average Bonchev–Trinajstić information content (AvgIpc) is 3.02. The lowest BCUT2D eigenvalue weighted by Crippen LogP contribution is -2.33. The lowest BCUT2D eigenvalue weighted by Gasteiger charge is -2.26. The first-order chi connectivity index (χ1) is 12.5. The summed E-state index contributed by atoms with van der Waals surface area (Å²) >= 11 is 0. The van der Waals surface area contributed by atoms with Crippen LogP contribution in [0.2, 0.25) is 0 Å². The summed E-state index contributed by atoms with van der Waals surface area (Å²) in [6, 6.07) is 0. The molecule has 3 unspecified atom stereocenters. The van der Waals surface area contributed by atoms with E-state index in [0.29, 0.717) is 12.8 Å². The Bertz CT molecular complexity index is 685. The first-order valence-electron chi connectivity index (χ1n) is 8.47. The van der Waals surface area contributed by atoms with Crippen LogP contribution in [0, 0.1) is 60.2 Å². The molecule has 27 heavy (non-hydrogen) atoms. The van der Waals surface area contributed by atoms with Crippen LogP contribution in [0.5, 0.6) is 5.75 Å². The van der Waals surface area contributed by atoms with E-state index in [1.807, 2.05) is 27.2 Å². The molecule has 1 saturated carbocycles. The minimum absolute atomic E-state index is 0.150. The Morgan fingerprint density at radius 2 is 1.59 bits per heavy atom. The smallest absolute Gasteiger partial charge is 0.315 e. The van der Waals surface area contributed by atoms with Gasteiger partial charge in [0.15, 0.2) is 0 Å². The minimum Gasteiger partial charge on any atom is -0.420 e. The van der Waals surface area contributed by atoms with Crippen LogP contribution in [0.3, 0.4) is 0 Å². The van der Waals surface area contributed by atoms with Crippen molar-refractivity contribution in [2.45, 2.75) is 39.2 Å². The third-order valence-corrected chi connectivity index (χ3v) is 4.43. The highest BCUT2D eigenvalue weighted by Gasteiger charge is 2.43. The van der Waals surface area contributed by atoms with E-state index in [1.54, 1.807) is 0 Å². The first-order valence-corrected chi connectivity index (χ1v) is 8.47. The van der Waals surface area contributed by atoms with Crippen molar-refractivity contribution in [2.75, 3.05) is 6.61 Å². The van der Waals surface area contributed by atoms with Crippen LogP contribution in [-0.2, 0) is 9.53 Å². The van der Waals surface area contributed by atoms with Gasteiger partial charge in [-0.05, 0) is 51.9 Å². The van der Waals surface area contributed by atoms with E-state index in [-0.39, 0.29) is 12.5 Å². The van der Waals surface area contributed by atoms with Crippen molar-refractivity contribution >= 4 is 5.97 Å². The van der Waals surface area contributed by atoms with Crippen molar-refractivity contribution < 1.29 is 36.2 Å². The molecular weight excluding hydrogens is 371 g/mol. The van der Waals surface area contributed by atoms with Crippen molar-refractivity contribution in [3.05, 3.63) is 42.4 Å². The fourth-order valence-corrected chi connectivity index (χ4v) is 3.02. The predicted molar refractivity (Wildman–Crippen MR) is 86.9 cm³/mol. The maximum Gasteiger partial charge on any atom is 0.315 e. The van der Waals surface area contributed by atoms with Crippen LogP contribution in [0.4, 0.5) is 22.0 Å². The quantitative estimate of drug-likeness (QED) is 0.238. The highest BCUT2D eigenvalue weighted by Crippen LogP contribution is 2.40. The third-order valence-electron chi connectivity index (χ3n) is 4.43. The molecule has 2 rings (SSSR count). The topological polar surface area (TPSA) is 35.5 Å². The monoisotopic (exact) mass is 392 g/mol. The molecule has 0 spiro atoms. The van der Waals surface area contributed by atoms with Crippen molar-refractivity contribution in [3.8, 4) is 5.75 Å². The number of carbonyl (C=O) groups is 1. The molecule has 3 nitrogen and oxygen atoms in total. The van der Waals surface area contributed by atoms with Gasteiger partial charge in [-0.3, -0.25) is 4.79 Å². The van der Waals surface area contributed by atoms with E-state index >= 15 is 0 Å². The summed E-state index contributed by atoms with van der Waals surface area (Å²) in [6.07, 6.45) is 2.66. The van der Waals surface area contributed by atoms with Gasteiger partial charge in [-0.25, -0.2) is 13.2 Å². The summed E-state index contributed by atoms with van der Waals surface area (Å²) < 4.78 is 77.6. The largest absolute Gasteiger partial charge is 0.420 e. The fraction of sp³-hybridized carbons (Fsp3) is 0.526. The Kier molecular flexibility index (Phi) is 6.50. The van der Waals surface area contributed by atoms with Crippen LogP contribution in [0.15, 0.2) is 0 Å². The van der Waals surface area contributed by atoms with Gasteiger partial charge in [0.25, 0.3) is 0 Å². The first kappa shape index (κ1) is 21.6. The van der Waals surface area contributed by atoms with E-state index in [2.05, 4.69) is 11.7 Å². The Balaban J connectivity index is 2.27. The van der Waals surface area contributed by atoms with Crippen LogP contribution < -0.4 is 4.74 Å². The molecule has 0 aromatic heterocycles. The normalized spacial score (nSPS) is 22.9. The number of esters is 1. The minimum atomic E-state index is -2.31. The molecule has 3 atom stereocenters. The van der Waals surface area contributed by atoms with E-state index in [1.165, 1.54) is 0 Å². The molecule has 8 heteroatoms. The van der Waals surface area contributed by atoms with Gasteiger partial charge in [-0.2, -0.15) is 8.78 Å². The zero-order valence-electron chi connectivity index (χ0n) is 15.3. The van der Waals surface area contributed by atoms with Gasteiger partial charge in [0.1, 0.15) is 0 Å². The SMILES string of the molecule is [CH2]CC1C[CH]C(COC(C)(C)C)C1C(=O)Oc1c(F)c(F)c(F)c(F)c1F. The van der Waals surface area contributed by atoms with Gasteiger partial charge in [-0.15, -0.1) is 0 Å². The van der Waals surface area contributed by atoms with E-state index in [9.17, 15) is 26.7 Å². The van der Waals surface area contributed by atoms with Gasteiger partial charge >= 0.3 is 5.97 Å². The molecule has 1 aromatic rings. The van der Waals surface area contributed by atoms with E-state index in [0.717, 1.165) is 0 Å². The second-order valence-corrected chi connectivity index (χ2v) is 7.45. The molecule has 0 aliphatic heterocycles. The average molecular weight is 392 g/mol. The van der Waals surface area contributed by atoms with Gasteiger partial charge < -0.3 is 9.47 Å². The van der Waals surface area contributed by atoms with Crippen molar-refractivity contribution in [2.24, 2.45) is 17.8 Å². The standard InChI is InChI=1S/C19H21F5O3/c1-5-9-6-7-10(8-26-19(2,3)4)11(9)18(25)27-17-15(23)13(21)12(20)14(22)16(17)24/h7,9-11H,1,5-6,8H2,2-4H3. The zero-order chi connectivity index (χ0) is 20.5. The second kappa shape index (κ2) is 8.12. The summed E-state index contributed by atoms with van der Waals surface area (Å²) in [5.74, 6) is -15.3. The van der Waals surface area contributed by atoms with Gasteiger partial charge in [-0.1, -0.05) is 6.92 Å². The fourth-order valence-electron chi connectivity index (χ4n) is 3.02. The molecule has 1 aromatic carbocycles. The van der Waals surface area contributed by atoms with Gasteiger partial charge in [0, 0.05) is 0 Å². The number of halogens is 5. The summed E-state index contributed by atoms with van der Waals surface area (Å²) in [5.41, 5.74) is -0.480. The Morgan fingerprint density at radius 1 is 1.07 bits per heavy atom. The molecule has 0 amide bonds. The molecule has 0 bridgehead atoms. The second-order valence-electron chi connectivity index (χ2n) is 7.45. The molecular formula is C19H21F5O3. The number of hydrogen-bond donors (Lipinski definition) is 0. The molecule has 0 heterocycles. The molecule has 1 fully saturated rings. The lowest BCUT2D eigenvalue weighted by atomic mass is 9.88. The molecule has 0 N–H and O–H groups in total.